The van der Waals surface area contributed by atoms with Crippen LogP contribution in [0.15, 0.2) is 95.2 Å². The van der Waals surface area contributed by atoms with Gasteiger partial charge in [0, 0.05) is 18.1 Å². The molecule has 5 rings (SSSR count). The quantitative estimate of drug-likeness (QED) is 0.179. The maximum absolute atomic E-state index is 11.3. The van der Waals surface area contributed by atoms with Crippen molar-refractivity contribution in [2.24, 2.45) is 10.2 Å². The highest BCUT2D eigenvalue weighted by Crippen LogP contribution is 2.41. The zero-order chi connectivity index (χ0) is 25.9. The number of carbonyl (C=O) groups is 1. The number of hydrogen-bond donors (Lipinski definition) is 4. The summed E-state index contributed by atoms with van der Waals surface area (Å²) in [6.07, 6.45) is 0. The van der Waals surface area contributed by atoms with Crippen molar-refractivity contribution in [2.45, 2.75) is 6.61 Å². The number of nitrogens with zero attached hydrogens (tertiary/aromatic N) is 2. The molecule has 1 aromatic heterocycles. The Kier molecular flexibility index (Phi) is 6.40. The molecule has 0 saturated heterocycles. The van der Waals surface area contributed by atoms with E-state index in [9.17, 15) is 20.1 Å². The first kappa shape index (κ1) is 23.8. The van der Waals surface area contributed by atoms with Crippen molar-refractivity contribution < 1.29 is 24.9 Å². The number of fused-ring (bicyclic) bond motifs is 1. The van der Waals surface area contributed by atoms with Crippen LogP contribution in [0.2, 0.25) is 0 Å². The highest BCUT2D eigenvalue weighted by atomic mass is 16.5. The zero-order valence-corrected chi connectivity index (χ0v) is 19.8. The number of carboxylic acids is 1. The van der Waals surface area contributed by atoms with Gasteiger partial charge in [-0.25, -0.2) is 4.79 Å². The van der Waals surface area contributed by atoms with Crippen LogP contribution in [0.25, 0.3) is 33.2 Å². The Hall–Kier alpha value is -4.95. The molecule has 37 heavy (non-hydrogen) atoms. The molecule has 0 aliphatic carbocycles. The van der Waals surface area contributed by atoms with Crippen LogP contribution in [-0.4, -0.2) is 33.4 Å². The summed E-state index contributed by atoms with van der Waals surface area (Å²) in [6.45, 7) is 0.547. The predicted octanol–water partition coefficient (Wildman–Crippen LogP) is 7.17. The van der Waals surface area contributed by atoms with Gasteiger partial charge in [-0.2, -0.15) is 0 Å². The minimum Gasteiger partial charge on any atom is -0.505 e. The summed E-state index contributed by atoms with van der Waals surface area (Å²) in [5.41, 5.74) is 5.24. The summed E-state index contributed by atoms with van der Waals surface area (Å²) in [6, 6.07) is 25.0. The largest absolute Gasteiger partial charge is 0.505 e. The first-order chi connectivity index (χ1) is 17.9. The minimum absolute atomic E-state index is 0.109. The van der Waals surface area contributed by atoms with E-state index in [-0.39, 0.29) is 28.6 Å². The van der Waals surface area contributed by atoms with E-state index in [0.29, 0.717) is 28.6 Å². The molecular weight excluding hydrogens is 470 g/mol. The van der Waals surface area contributed by atoms with Crippen LogP contribution in [-0.2, 0) is 11.3 Å². The second-order valence-corrected chi connectivity index (χ2v) is 8.47. The number of H-pyrrole nitrogens is 1. The van der Waals surface area contributed by atoms with Crippen molar-refractivity contribution in [3.05, 3.63) is 96.1 Å². The van der Waals surface area contributed by atoms with Crippen LogP contribution in [0.4, 0.5) is 11.4 Å². The normalized spacial score (nSPS) is 11.4. The number of hydrogen-bond acceptors (Lipinski definition) is 6. The predicted molar refractivity (Wildman–Crippen MR) is 141 cm³/mol. The SMILES string of the molecule is COCc1ccc(-c2ccc3c(N=Nc4cccc(-c5cccc(C(=O)O)c5)c4O)c(O)[nH]c3c2)cc1. The number of aromatic amines is 1. The number of rotatable bonds is 7. The molecule has 184 valence electrons. The first-order valence-electron chi connectivity index (χ1n) is 11.4. The molecule has 0 atom stereocenters. The van der Waals surface area contributed by atoms with Gasteiger partial charge in [-0.3, -0.25) is 0 Å². The van der Waals surface area contributed by atoms with Gasteiger partial charge in [0.15, 0.2) is 11.4 Å². The summed E-state index contributed by atoms with van der Waals surface area (Å²) in [4.78, 5) is 14.3. The van der Waals surface area contributed by atoms with Crippen molar-refractivity contribution in [3.63, 3.8) is 0 Å². The van der Waals surface area contributed by atoms with Gasteiger partial charge in [-0.15, -0.1) is 10.2 Å². The maximum Gasteiger partial charge on any atom is 0.335 e. The van der Waals surface area contributed by atoms with Gasteiger partial charge in [-0.05, 0) is 52.6 Å². The molecule has 0 aliphatic heterocycles. The monoisotopic (exact) mass is 493 g/mol. The van der Waals surface area contributed by atoms with Crippen molar-refractivity contribution in [1.29, 1.82) is 0 Å². The van der Waals surface area contributed by atoms with Crippen LogP contribution in [0.5, 0.6) is 11.6 Å². The summed E-state index contributed by atoms with van der Waals surface area (Å²) >= 11 is 0. The Bertz CT molecular complexity index is 1640. The second-order valence-electron chi connectivity index (χ2n) is 8.47. The van der Waals surface area contributed by atoms with Gasteiger partial charge in [0.2, 0.25) is 5.88 Å². The van der Waals surface area contributed by atoms with E-state index >= 15 is 0 Å². The fraction of sp³-hybridized carbons (Fsp3) is 0.0690. The number of ether oxygens (including phenoxy) is 1. The van der Waals surface area contributed by atoms with E-state index in [4.69, 9.17) is 4.74 Å². The highest BCUT2D eigenvalue weighted by Gasteiger charge is 2.14. The fourth-order valence-corrected chi connectivity index (χ4v) is 4.18. The van der Waals surface area contributed by atoms with Crippen LogP contribution >= 0.6 is 0 Å². The second kappa shape index (κ2) is 9.96. The van der Waals surface area contributed by atoms with E-state index in [2.05, 4.69) is 15.2 Å². The zero-order valence-electron chi connectivity index (χ0n) is 19.8. The smallest absolute Gasteiger partial charge is 0.335 e. The topological polar surface area (TPSA) is 128 Å². The number of phenols is 1. The molecule has 4 aromatic carbocycles. The average molecular weight is 494 g/mol. The van der Waals surface area contributed by atoms with Gasteiger partial charge < -0.3 is 25.0 Å². The molecule has 0 amide bonds. The number of para-hydroxylation sites is 1. The number of aromatic hydroxyl groups is 2. The standard InChI is InChI=1S/C29H23N3O5/c1-37-16-17-8-10-18(11-9-17)19-12-13-23-25(15-19)30-28(34)26(23)32-31-24-7-3-6-22(27(24)33)20-4-2-5-21(14-20)29(35)36/h2-15,30,33-34H,16H2,1H3,(H,35,36). The number of benzene rings is 4. The molecule has 0 fully saturated rings. The Morgan fingerprint density at radius 2 is 1.62 bits per heavy atom. The Morgan fingerprint density at radius 3 is 2.38 bits per heavy atom. The Morgan fingerprint density at radius 1 is 0.865 bits per heavy atom. The lowest BCUT2D eigenvalue weighted by molar-refractivity contribution is 0.0697. The van der Waals surface area contributed by atoms with Crippen LogP contribution in [0.3, 0.4) is 0 Å². The molecule has 1 heterocycles. The van der Waals surface area contributed by atoms with E-state index in [1.165, 1.54) is 12.1 Å². The third kappa shape index (κ3) is 4.78. The van der Waals surface area contributed by atoms with Gasteiger partial charge in [-0.1, -0.05) is 54.6 Å². The average Bonchev–Trinajstić information content (AvgIpc) is 3.22. The molecule has 0 radical (unpaired) electrons. The van der Waals surface area contributed by atoms with Crippen molar-refractivity contribution >= 4 is 28.2 Å². The summed E-state index contributed by atoms with van der Waals surface area (Å²) in [7, 11) is 1.66. The summed E-state index contributed by atoms with van der Waals surface area (Å²) in [5.74, 6) is -1.35. The Labute approximate surface area is 212 Å². The Balaban J connectivity index is 1.46. The van der Waals surface area contributed by atoms with Gasteiger partial charge >= 0.3 is 5.97 Å². The highest BCUT2D eigenvalue weighted by molar-refractivity contribution is 5.96. The van der Waals surface area contributed by atoms with E-state index in [1.807, 2.05) is 42.5 Å². The third-order valence-corrected chi connectivity index (χ3v) is 6.04. The van der Waals surface area contributed by atoms with E-state index in [1.54, 1.807) is 37.4 Å². The number of aromatic nitrogens is 1. The fourth-order valence-electron chi connectivity index (χ4n) is 4.18. The van der Waals surface area contributed by atoms with Crippen LogP contribution < -0.4 is 0 Å². The summed E-state index contributed by atoms with van der Waals surface area (Å²) in [5, 5.41) is 39.7. The molecule has 0 unspecified atom stereocenters. The molecule has 8 heteroatoms. The first-order valence-corrected chi connectivity index (χ1v) is 11.4. The van der Waals surface area contributed by atoms with Gasteiger partial charge in [0.25, 0.3) is 0 Å². The van der Waals surface area contributed by atoms with Gasteiger partial charge in [0.05, 0.1) is 17.7 Å². The maximum atomic E-state index is 11.3. The van der Waals surface area contributed by atoms with E-state index in [0.717, 1.165) is 16.7 Å². The van der Waals surface area contributed by atoms with Crippen molar-refractivity contribution in [1.82, 2.24) is 4.98 Å². The van der Waals surface area contributed by atoms with Crippen molar-refractivity contribution in [3.8, 4) is 33.9 Å². The number of methoxy groups -OCH3 is 1. The molecule has 4 N–H and O–H groups in total. The number of nitrogens with one attached hydrogen (secondary N) is 1. The molecular formula is C29H23N3O5. The third-order valence-electron chi connectivity index (χ3n) is 6.04. The number of azo groups is 1. The van der Waals surface area contributed by atoms with Crippen molar-refractivity contribution in [2.75, 3.05) is 7.11 Å². The molecule has 0 bridgehead atoms. The molecule has 0 aliphatic rings. The molecule has 0 saturated carbocycles. The lowest BCUT2D eigenvalue weighted by Crippen LogP contribution is -1.95. The summed E-state index contributed by atoms with van der Waals surface area (Å²) < 4.78 is 5.16. The molecule has 0 spiro atoms. The molecule has 5 aromatic rings. The number of carboxylic acid groups (broad SMARTS) is 1. The number of aromatic carboxylic acids is 1. The molecule has 8 nitrogen and oxygen atoms in total. The number of phenolic OH excluding ortho intramolecular Hbond substituents is 1. The lowest BCUT2D eigenvalue weighted by Gasteiger charge is -2.07. The van der Waals surface area contributed by atoms with E-state index < -0.39 is 5.97 Å². The van der Waals surface area contributed by atoms with Crippen LogP contribution in [0, 0.1) is 0 Å². The van der Waals surface area contributed by atoms with Gasteiger partial charge in [0.1, 0.15) is 5.69 Å². The lowest BCUT2D eigenvalue weighted by atomic mass is 10.0. The van der Waals surface area contributed by atoms with Crippen LogP contribution in [0.1, 0.15) is 15.9 Å². The minimum atomic E-state index is -1.06.